The standard InChI is InChI=1S/C13H20N4S/c1-3-6-17(7-4-5-14)13-12-11(15-9-16-13)10(2)8-18-12/h8-9H,3-7,14H2,1-2H3. The molecule has 2 aromatic heterocycles. The average molecular weight is 264 g/mol. The van der Waals surface area contributed by atoms with E-state index in [-0.39, 0.29) is 0 Å². The summed E-state index contributed by atoms with van der Waals surface area (Å²) in [6.07, 6.45) is 3.78. The lowest BCUT2D eigenvalue weighted by atomic mass is 10.3. The second-order valence-electron chi connectivity index (χ2n) is 4.42. The lowest BCUT2D eigenvalue weighted by molar-refractivity contribution is 0.714. The first-order valence-corrected chi connectivity index (χ1v) is 7.29. The fraction of sp³-hybridized carbons (Fsp3) is 0.538. The van der Waals surface area contributed by atoms with E-state index >= 15 is 0 Å². The Bertz CT molecular complexity index is 509. The molecule has 0 saturated heterocycles. The predicted octanol–water partition coefficient (Wildman–Crippen LogP) is 2.56. The van der Waals surface area contributed by atoms with E-state index in [2.05, 4.69) is 34.1 Å². The molecule has 98 valence electrons. The lowest BCUT2D eigenvalue weighted by Gasteiger charge is -2.23. The van der Waals surface area contributed by atoms with Crippen LogP contribution in [0.1, 0.15) is 25.3 Å². The van der Waals surface area contributed by atoms with Crippen molar-refractivity contribution in [3.63, 3.8) is 0 Å². The molecule has 0 aromatic carbocycles. The molecule has 0 aliphatic heterocycles. The summed E-state index contributed by atoms with van der Waals surface area (Å²) in [7, 11) is 0. The summed E-state index contributed by atoms with van der Waals surface area (Å²) in [6.45, 7) is 6.99. The van der Waals surface area contributed by atoms with Crippen molar-refractivity contribution in [3.05, 3.63) is 17.3 Å². The molecule has 0 saturated carbocycles. The Balaban J connectivity index is 2.36. The third kappa shape index (κ3) is 2.62. The predicted molar refractivity (Wildman–Crippen MR) is 78.3 cm³/mol. The third-order valence-electron chi connectivity index (χ3n) is 2.94. The van der Waals surface area contributed by atoms with Crippen LogP contribution in [-0.2, 0) is 0 Å². The smallest absolute Gasteiger partial charge is 0.150 e. The number of nitrogens with two attached hydrogens (primary N) is 1. The lowest BCUT2D eigenvalue weighted by Crippen LogP contribution is -2.27. The van der Waals surface area contributed by atoms with Crippen molar-refractivity contribution in [1.82, 2.24) is 9.97 Å². The molecule has 2 aromatic rings. The van der Waals surface area contributed by atoms with Crippen molar-refractivity contribution in [2.24, 2.45) is 5.73 Å². The van der Waals surface area contributed by atoms with E-state index < -0.39 is 0 Å². The number of rotatable bonds is 6. The largest absolute Gasteiger partial charge is 0.355 e. The second-order valence-corrected chi connectivity index (χ2v) is 5.30. The van der Waals surface area contributed by atoms with Crippen molar-refractivity contribution in [2.75, 3.05) is 24.5 Å². The molecule has 0 bridgehead atoms. The highest BCUT2D eigenvalue weighted by molar-refractivity contribution is 7.18. The van der Waals surface area contributed by atoms with Gasteiger partial charge >= 0.3 is 0 Å². The number of hydrogen-bond donors (Lipinski definition) is 1. The van der Waals surface area contributed by atoms with Gasteiger partial charge in [0.15, 0.2) is 0 Å². The summed E-state index contributed by atoms with van der Waals surface area (Å²) in [5, 5.41) is 2.15. The van der Waals surface area contributed by atoms with Gasteiger partial charge in [-0.15, -0.1) is 11.3 Å². The number of fused-ring (bicyclic) bond motifs is 1. The van der Waals surface area contributed by atoms with Crippen LogP contribution in [0, 0.1) is 6.92 Å². The zero-order valence-corrected chi connectivity index (χ0v) is 11.8. The van der Waals surface area contributed by atoms with Gasteiger partial charge in [-0.25, -0.2) is 9.97 Å². The molecular weight excluding hydrogens is 244 g/mol. The van der Waals surface area contributed by atoms with Gasteiger partial charge in [-0.1, -0.05) is 6.92 Å². The van der Waals surface area contributed by atoms with Gasteiger partial charge in [-0.3, -0.25) is 0 Å². The molecule has 0 aliphatic carbocycles. The number of anilines is 1. The van der Waals surface area contributed by atoms with E-state index in [0.29, 0.717) is 0 Å². The molecule has 4 nitrogen and oxygen atoms in total. The second kappa shape index (κ2) is 6.11. The molecular formula is C13H20N4S. The van der Waals surface area contributed by atoms with Crippen molar-refractivity contribution in [3.8, 4) is 0 Å². The van der Waals surface area contributed by atoms with E-state index in [4.69, 9.17) is 5.73 Å². The van der Waals surface area contributed by atoms with Gasteiger partial charge in [0.05, 0.1) is 10.2 Å². The minimum absolute atomic E-state index is 0.720. The quantitative estimate of drug-likeness (QED) is 0.871. The number of thiophene rings is 1. The van der Waals surface area contributed by atoms with Gasteiger partial charge in [-0.2, -0.15) is 0 Å². The molecule has 0 spiro atoms. The first-order chi connectivity index (χ1) is 8.77. The first-order valence-electron chi connectivity index (χ1n) is 6.41. The van der Waals surface area contributed by atoms with Crippen LogP contribution in [0.4, 0.5) is 5.82 Å². The van der Waals surface area contributed by atoms with Gasteiger partial charge in [-0.05, 0) is 37.3 Å². The van der Waals surface area contributed by atoms with Crippen LogP contribution >= 0.6 is 11.3 Å². The van der Waals surface area contributed by atoms with E-state index in [0.717, 1.165) is 43.8 Å². The van der Waals surface area contributed by atoms with E-state index in [1.807, 2.05) is 0 Å². The molecule has 0 amide bonds. The topological polar surface area (TPSA) is 55.0 Å². The molecule has 0 unspecified atom stereocenters. The molecule has 5 heteroatoms. The van der Waals surface area contributed by atoms with Crippen LogP contribution < -0.4 is 10.6 Å². The average Bonchev–Trinajstić information content (AvgIpc) is 2.77. The van der Waals surface area contributed by atoms with Crippen molar-refractivity contribution < 1.29 is 0 Å². The van der Waals surface area contributed by atoms with Gasteiger partial charge in [0.2, 0.25) is 0 Å². The van der Waals surface area contributed by atoms with Crippen LogP contribution in [-0.4, -0.2) is 29.6 Å². The van der Waals surface area contributed by atoms with Crippen LogP contribution in [0.2, 0.25) is 0 Å². The van der Waals surface area contributed by atoms with E-state index in [1.54, 1.807) is 17.7 Å². The van der Waals surface area contributed by atoms with Gasteiger partial charge in [0.25, 0.3) is 0 Å². The highest BCUT2D eigenvalue weighted by Crippen LogP contribution is 2.30. The maximum absolute atomic E-state index is 5.61. The molecule has 0 radical (unpaired) electrons. The molecule has 2 heterocycles. The molecule has 0 atom stereocenters. The van der Waals surface area contributed by atoms with E-state index in [9.17, 15) is 0 Å². The summed E-state index contributed by atoms with van der Waals surface area (Å²) in [4.78, 5) is 11.2. The normalized spacial score (nSPS) is 11.1. The monoisotopic (exact) mass is 264 g/mol. The molecule has 2 N–H and O–H groups in total. The van der Waals surface area contributed by atoms with Crippen LogP contribution in [0.25, 0.3) is 10.2 Å². The van der Waals surface area contributed by atoms with Gasteiger partial charge < -0.3 is 10.6 Å². The number of nitrogens with zero attached hydrogens (tertiary/aromatic N) is 3. The third-order valence-corrected chi connectivity index (χ3v) is 4.02. The minimum atomic E-state index is 0.720. The highest BCUT2D eigenvalue weighted by atomic mass is 32.1. The first kappa shape index (κ1) is 13.2. The SMILES string of the molecule is CCCN(CCCN)c1ncnc2c(C)csc12. The molecule has 0 aliphatic rings. The van der Waals surface area contributed by atoms with Crippen LogP contribution in [0.3, 0.4) is 0 Å². The maximum atomic E-state index is 5.61. The number of aromatic nitrogens is 2. The summed E-state index contributed by atoms with van der Waals surface area (Å²) in [5.74, 6) is 1.06. The minimum Gasteiger partial charge on any atom is -0.355 e. The Labute approximate surface area is 112 Å². The van der Waals surface area contributed by atoms with Crippen molar-refractivity contribution >= 4 is 27.4 Å². The summed E-state index contributed by atoms with van der Waals surface area (Å²) < 4.78 is 1.19. The Hall–Kier alpha value is -1.20. The van der Waals surface area contributed by atoms with E-state index in [1.165, 1.54) is 10.3 Å². The Kier molecular flexibility index (Phi) is 4.49. The van der Waals surface area contributed by atoms with Crippen molar-refractivity contribution in [2.45, 2.75) is 26.7 Å². The van der Waals surface area contributed by atoms with Gasteiger partial charge in [0, 0.05) is 13.1 Å². The highest BCUT2D eigenvalue weighted by Gasteiger charge is 2.13. The summed E-state index contributed by atoms with van der Waals surface area (Å²) in [6, 6.07) is 0. The molecule has 2 rings (SSSR count). The number of hydrogen-bond acceptors (Lipinski definition) is 5. The van der Waals surface area contributed by atoms with Gasteiger partial charge in [0.1, 0.15) is 12.1 Å². The Morgan fingerprint density at radius 1 is 1.33 bits per heavy atom. The zero-order valence-electron chi connectivity index (χ0n) is 11.0. The van der Waals surface area contributed by atoms with Crippen LogP contribution in [0.5, 0.6) is 0 Å². The van der Waals surface area contributed by atoms with Crippen molar-refractivity contribution in [1.29, 1.82) is 0 Å². The zero-order chi connectivity index (χ0) is 13.0. The number of aryl methyl sites for hydroxylation is 1. The fourth-order valence-electron chi connectivity index (χ4n) is 2.06. The maximum Gasteiger partial charge on any atom is 0.150 e. The molecule has 0 fully saturated rings. The Morgan fingerprint density at radius 2 is 2.17 bits per heavy atom. The summed E-state index contributed by atoms with van der Waals surface area (Å²) in [5.41, 5.74) is 7.92. The van der Waals surface area contributed by atoms with Crippen LogP contribution in [0.15, 0.2) is 11.7 Å². The Morgan fingerprint density at radius 3 is 2.89 bits per heavy atom. The fourth-order valence-corrected chi connectivity index (χ4v) is 3.08. The summed E-state index contributed by atoms with van der Waals surface area (Å²) >= 11 is 1.73. The molecule has 18 heavy (non-hydrogen) atoms.